The largest absolute Gasteiger partial charge is 0.374 e. The van der Waals surface area contributed by atoms with Crippen molar-refractivity contribution in [2.24, 2.45) is 5.92 Å². The minimum absolute atomic E-state index is 0.371. The molecule has 4 nitrogen and oxygen atoms in total. The summed E-state index contributed by atoms with van der Waals surface area (Å²) in [5, 5.41) is 3.45. The lowest BCUT2D eigenvalue weighted by molar-refractivity contribution is -0.0287. The first-order chi connectivity index (χ1) is 9.11. The fourth-order valence-corrected chi connectivity index (χ4v) is 2.57. The number of hydrogen-bond acceptors (Lipinski definition) is 4. The average molecular weight is 271 g/mol. The lowest BCUT2D eigenvalue weighted by Crippen LogP contribution is -2.48. The fraction of sp³-hybridized carbons (Fsp3) is 1.00. The van der Waals surface area contributed by atoms with Crippen LogP contribution in [0.5, 0.6) is 0 Å². The molecular weight excluding hydrogens is 238 g/mol. The molecule has 0 unspecified atom stereocenters. The normalized spacial score (nSPS) is 21.5. The van der Waals surface area contributed by atoms with Crippen LogP contribution in [0.2, 0.25) is 0 Å². The first kappa shape index (κ1) is 16.9. The van der Waals surface area contributed by atoms with Crippen LogP contribution in [0.1, 0.15) is 27.2 Å². The van der Waals surface area contributed by atoms with Crippen molar-refractivity contribution in [2.45, 2.75) is 33.3 Å². The summed E-state index contributed by atoms with van der Waals surface area (Å²) in [5.74, 6) is 0.751. The molecule has 1 aliphatic rings. The van der Waals surface area contributed by atoms with Crippen molar-refractivity contribution in [3.8, 4) is 0 Å². The highest BCUT2D eigenvalue weighted by Gasteiger charge is 2.19. The third kappa shape index (κ3) is 7.88. The molecule has 4 heteroatoms. The molecule has 0 aromatic carbocycles. The maximum atomic E-state index is 5.81. The highest BCUT2D eigenvalue weighted by Crippen LogP contribution is 2.05. The molecule has 1 rings (SSSR count). The molecule has 0 amide bonds. The van der Waals surface area contributed by atoms with Crippen molar-refractivity contribution in [3.63, 3.8) is 0 Å². The first-order valence-corrected chi connectivity index (χ1v) is 7.85. The summed E-state index contributed by atoms with van der Waals surface area (Å²) in [7, 11) is 2.22. The van der Waals surface area contributed by atoms with Gasteiger partial charge in [-0.1, -0.05) is 20.8 Å². The van der Waals surface area contributed by atoms with Gasteiger partial charge in [-0.2, -0.15) is 0 Å². The van der Waals surface area contributed by atoms with E-state index in [9.17, 15) is 0 Å². The Morgan fingerprint density at radius 3 is 2.89 bits per heavy atom. The van der Waals surface area contributed by atoms with Crippen LogP contribution in [0.25, 0.3) is 0 Å². The van der Waals surface area contributed by atoms with Crippen LogP contribution in [0.15, 0.2) is 0 Å². The van der Waals surface area contributed by atoms with Crippen LogP contribution in [0, 0.1) is 5.92 Å². The number of hydrogen-bond donors (Lipinski definition) is 1. The SMILES string of the molecule is CCCNC[C@H]1CN(CCN(C)CC(C)C)CCO1. The summed E-state index contributed by atoms with van der Waals surface area (Å²) >= 11 is 0. The van der Waals surface area contributed by atoms with E-state index in [1.165, 1.54) is 13.0 Å². The molecule has 1 heterocycles. The Hall–Kier alpha value is -0.160. The molecule has 1 saturated heterocycles. The molecule has 19 heavy (non-hydrogen) atoms. The van der Waals surface area contributed by atoms with E-state index in [1.807, 2.05) is 0 Å². The highest BCUT2D eigenvalue weighted by molar-refractivity contribution is 4.74. The van der Waals surface area contributed by atoms with E-state index in [0.29, 0.717) is 6.10 Å². The van der Waals surface area contributed by atoms with E-state index in [-0.39, 0.29) is 0 Å². The standard InChI is InChI=1S/C15H33N3O/c1-5-6-16-11-15-13-18(9-10-19-15)8-7-17(4)12-14(2)3/h14-16H,5-13H2,1-4H3/t15-/m0/s1. The molecular formula is C15H33N3O. The zero-order valence-corrected chi connectivity index (χ0v) is 13.3. The Kier molecular flexibility index (Phi) is 8.62. The van der Waals surface area contributed by atoms with E-state index >= 15 is 0 Å². The number of rotatable bonds is 9. The third-order valence-electron chi connectivity index (χ3n) is 3.50. The van der Waals surface area contributed by atoms with E-state index in [0.717, 1.165) is 51.8 Å². The van der Waals surface area contributed by atoms with Crippen LogP contribution in [0.3, 0.4) is 0 Å². The van der Waals surface area contributed by atoms with Crippen molar-refractivity contribution in [1.82, 2.24) is 15.1 Å². The van der Waals surface area contributed by atoms with Crippen LogP contribution in [-0.4, -0.2) is 75.4 Å². The average Bonchev–Trinajstić information content (AvgIpc) is 2.36. The van der Waals surface area contributed by atoms with Gasteiger partial charge in [0.15, 0.2) is 0 Å². The van der Waals surface area contributed by atoms with Gasteiger partial charge in [-0.3, -0.25) is 4.90 Å². The van der Waals surface area contributed by atoms with Crippen LogP contribution in [0.4, 0.5) is 0 Å². The van der Waals surface area contributed by atoms with E-state index in [2.05, 4.69) is 42.9 Å². The fourth-order valence-electron chi connectivity index (χ4n) is 2.57. The summed E-state index contributed by atoms with van der Waals surface area (Å²) in [6.07, 6.45) is 1.56. The van der Waals surface area contributed by atoms with Gasteiger partial charge in [0.2, 0.25) is 0 Å². The highest BCUT2D eigenvalue weighted by atomic mass is 16.5. The van der Waals surface area contributed by atoms with Gasteiger partial charge in [-0.15, -0.1) is 0 Å². The molecule has 0 aromatic heterocycles. The molecule has 0 saturated carbocycles. The van der Waals surface area contributed by atoms with Crippen molar-refractivity contribution in [2.75, 3.05) is 59.5 Å². The predicted octanol–water partition coefficient (Wildman–Crippen LogP) is 1.27. The second kappa shape index (κ2) is 9.70. The number of likely N-dealkylation sites (N-methyl/N-ethyl adjacent to an activating group) is 1. The zero-order valence-electron chi connectivity index (χ0n) is 13.3. The summed E-state index contributed by atoms with van der Waals surface area (Å²) in [5.41, 5.74) is 0. The van der Waals surface area contributed by atoms with E-state index in [1.54, 1.807) is 0 Å². The van der Waals surface area contributed by atoms with Crippen molar-refractivity contribution < 1.29 is 4.74 Å². The Balaban J connectivity index is 2.15. The van der Waals surface area contributed by atoms with Crippen molar-refractivity contribution in [3.05, 3.63) is 0 Å². The summed E-state index contributed by atoms with van der Waals surface area (Å²) in [6, 6.07) is 0. The first-order valence-electron chi connectivity index (χ1n) is 7.85. The van der Waals surface area contributed by atoms with Gasteiger partial charge in [0.05, 0.1) is 12.7 Å². The molecule has 0 bridgehead atoms. The Bertz CT molecular complexity index is 223. The van der Waals surface area contributed by atoms with E-state index in [4.69, 9.17) is 4.74 Å². The van der Waals surface area contributed by atoms with Crippen LogP contribution in [-0.2, 0) is 4.74 Å². The Labute approximate surface area is 119 Å². The summed E-state index contributed by atoms with van der Waals surface area (Å²) in [4.78, 5) is 4.98. The molecule has 1 fully saturated rings. The number of nitrogens with one attached hydrogen (secondary N) is 1. The van der Waals surface area contributed by atoms with Crippen LogP contribution < -0.4 is 5.32 Å². The molecule has 0 aromatic rings. The molecule has 0 aliphatic carbocycles. The maximum Gasteiger partial charge on any atom is 0.0826 e. The number of morpholine rings is 1. The lowest BCUT2D eigenvalue weighted by Gasteiger charge is -2.34. The van der Waals surface area contributed by atoms with Crippen molar-refractivity contribution in [1.29, 1.82) is 0 Å². The van der Waals surface area contributed by atoms with Crippen molar-refractivity contribution >= 4 is 0 Å². The van der Waals surface area contributed by atoms with Gasteiger partial charge in [-0.05, 0) is 25.9 Å². The van der Waals surface area contributed by atoms with Gasteiger partial charge in [-0.25, -0.2) is 0 Å². The maximum absolute atomic E-state index is 5.81. The van der Waals surface area contributed by atoms with Gasteiger partial charge in [0, 0.05) is 39.3 Å². The van der Waals surface area contributed by atoms with Gasteiger partial charge in [0.25, 0.3) is 0 Å². The van der Waals surface area contributed by atoms with Gasteiger partial charge in [0.1, 0.15) is 0 Å². The second-order valence-electron chi connectivity index (χ2n) is 6.15. The lowest BCUT2D eigenvalue weighted by atomic mass is 10.2. The Morgan fingerprint density at radius 2 is 2.21 bits per heavy atom. The number of nitrogens with zero attached hydrogens (tertiary/aromatic N) is 2. The second-order valence-corrected chi connectivity index (χ2v) is 6.15. The molecule has 114 valence electrons. The third-order valence-corrected chi connectivity index (χ3v) is 3.50. The van der Waals surface area contributed by atoms with Gasteiger partial charge < -0.3 is 15.0 Å². The smallest absolute Gasteiger partial charge is 0.0826 e. The molecule has 1 atom stereocenters. The Morgan fingerprint density at radius 1 is 1.42 bits per heavy atom. The number of ether oxygens (including phenoxy) is 1. The predicted molar refractivity (Wildman–Crippen MR) is 81.7 cm³/mol. The quantitative estimate of drug-likeness (QED) is 0.639. The topological polar surface area (TPSA) is 27.7 Å². The molecule has 1 N–H and O–H groups in total. The zero-order chi connectivity index (χ0) is 14.1. The van der Waals surface area contributed by atoms with Crippen LogP contribution >= 0.6 is 0 Å². The molecule has 0 spiro atoms. The molecule has 0 radical (unpaired) electrons. The summed E-state index contributed by atoms with van der Waals surface area (Å²) < 4.78 is 5.81. The monoisotopic (exact) mass is 271 g/mol. The minimum atomic E-state index is 0.371. The van der Waals surface area contributed by atoms with Gasteiger partial charge >= 0.3 is 0 Å². The summed E-state index contributed by atoms with van der Waals surface area (Å²) in [6.45, 7) is 15.4. The molecule has 1 aliphatic heterocycles. The minimum Gasteiger partial charge on any atom is -0.374 e. The van der Waals surface area contributed by atoms with E-state index < -0.39 is 0 Å².